The molecule has 1 amide bonds. The fraction of sp³-hybridized carbons (Fsp3) is 0.167. The van der Waals surface area contributed by atoms with Crippen molar-refractivity contribution in [3.8, 4) is 0 Å². The number of fused-ring (bicyclic) bond motifs is 1. The molecule has 0 aliphatic carbocycles. The normalized spacial score (nSPS) is 10.9. The average Bonchev–Trinajstić information content (AvgIpc) is 2.81. The summed E-state index contributed by atoms with van der Waals surface area (Å²) in [4.78, 5) is 12.4. The fourth-order valence-corrected chi connectivity index (χ4v) is 3.05. The SMILES string of the molecule is Cc1ccc2c(c1)cc(C(=O)NCc1cccc(Br)c1)n2C. The molecule has 3 aromatic rings. The van der Waals surface area contributed by atoms with E-state index in [4.69, 9.17) is 0 Å². The number of carbonyl (C=O) groups excluding carboxylic acids is 1. The van der Waals surface area contributed by atoms with Gasteiger partial charge in [-0.2, -0.15) is 0 Å². The smallest absolute Gasteiger partial charge is 0.268 e. The number of benzene rings is 2. The molecule has 0 atom stereocenters. The summed E-state index contributed by atoms with van der Waals surface area (Å²) in [6, 6.07) is 16.1. The number of rotatable bonds is 3. The van der Waals surface area contributed by atoms with Crippen LogP contribution in [0.15, 0.2) is 53.0 Å². The Hall–Kier alpha value is -2.07. The zero-order valence-corrected chi connectivity index (χ0v) is 14.1. The number of hydrogen-bond acceptors (Lipinski definition) is 1. The molecule has 0 aliphatic rings. The van der Waals surface area contributed by atoms with Crippen LogP contribution in [0.2, 0.25) is 0 Å². The van der Waals surface area contributed by atoms with Gasteiger partial charge in [0.2, 0.25) is 0 Å². The molecule has 0 saturated heterocycles. The van der Waals surface area contributed by atoms with Gasteiger partial charge in [0, 0.05) is 29.0 Å². The van der Waals surface area contributed by atoms with E-state index in [9.17, 15) is 4.79 Å². The topological polar surface area (TPSA) is 34.0 Å². The minimum atomic E-state index is -0.0590. The van der Waals surface area contributed by atoms with Crippen molar-refractivity contribution in [3.05, 3.63) is 69.8 Å². The third-order valence-corrected chi connectivity index (χ3v) is 4.27. The van der Waals surface area contributed by atoms with Crippen LogP contribution in [0, 0.1) is 6.92 Å². The Morgan fingerprint density at radius 3 is 2.77 bits per heavy atom. The van der Waals surface area contributed by atoms with Crippen LogP contribution >= 0.6 is 15.9 Å². The lowest BCUT2D eigenvalue weighted by molar-refractivity contribution is 0.0943. The minimum Gasteiger partial charge on any atom is -0.347 e. The summed E-state index contributed by atoms with van der Waals surface area (Å²) in [5.41, 5.74) is 4.00. The quantitative estimate of drug-likeness (QED) is 0.750. The van der Waals surface area contributed by atoms with E-state index >= 15 is 0 Å². The molecule has 0 aliphatic heterocycles. The third kappa shape index (κ3) is 2.92. The summed E-state index contributed by atoms with van der Waals surface area (Å²) in [7, 11) is 1.92. The molecular formula is C18H17BrN2O. The number of aryl methyl sites for hydroxylation is 2. The van der Waals surface area contributed by atoms with Crippen molar-refractivity contribution in [2.24, 2.45) is 7.05 Å². The van der Waals surface area contributed by atoms with Gasteiger partial charge in [-0.05, 0) is 42.8 Å². The summed E-state index contributed by atoms with van der Waals surface area (Å²) in [6.07, 6.45) is 0. The second kappa shape index (κ2) is 5.97. The molecule has 3 rings (SSSR count). The van der Waals surface area contributed by atoms with E-state index < -0.39 is 0 Å². The van der Waals surface area contributed by atoms with Crippen LogP contribution in [0.4, 0.5) is 0 Å². The molecule has 0 bridgehead atoms. The van der Waals surface area contributed by atoms with Crippen LogP contribution in [0.25, 0.3) is 10.9 Å². The van der Waals surface area contributed by atoms with Gasteiger partial charge in [-0.25, -0.2) is 0 Å². The van der Waals surface area contributed by atoms with E-state index in [1.54, 1.807) is 0 Å². The molecule has 4 heteroatoms. The molecule has 0 radical (unpaired) electrons. The zero-order chi connectivity index (χ0) is 15.7. The maximum Gasteiger partial charge on any atom is 0.268 e. The summed E-state index contributed by atoms with van der Waals surface area (Å²) in [5.74, 6) is -0.0590. The van der Waals surface area contributed by atoms with E-state index in [0.29, 0.717) is 12.2 Å². The standard InChI is InChI=1S/C18H17BrN2O/c1-12-6-7-16-14(8-12)10-17(21(16)2)18(22)20-11-13-4-3-5-15(19)9-13/h3-10H,11H2,1-2H3,(H,20,22). The predicted octanol–water partition coefficient (Wildman–Crippen LogP) is 4.18. The van der Waals surface area contributed by atoms with E-state index in [-0.39, 0.29) is 5.91 Å². The number of aromatic nitrogens is 1. The van der Waals surface area contributed by atoms with E-state index in [0.717, 1.165) is 20.9 Å². The van der Waals surface area contributed by atoms with Gasteiger partial charge >= 0.3 is 0 Å². The van der Waals surface area contributed by atoms with Crippen LogP contribution in [-0.2, 0) is 13.6 Å². The molecule has 1 aromatic heterocycles. The molecule has 0 unspecified atom stereocenters. The van der Waals surface area contributed by atoms with E-state index in [1.165, 1.54) is 5.56 Å². The van der Waals surface area contributed by atoms with Crippen LogP contribution in [0.5, 0.6) is 0 Å². The summed E-state index contributed by atoms with van der Waals surface area (Å²) < 4.78 is 2.95. The second-order valence-electron chi connectivity index (χ2n) is 5.46. The van der Waals surface area contributed by atoms with Crippen molar-refractivity contribution in [3.63, 3.8) is 0 Å². The Morgan fingerprint density at radius 2 is 2.00 bits per heavy atom. The Balaban J connectivity index is 1.81. The highest BCUT2D eigenvalue weighted by Crippen LogP contribution is 2.20. The molecule has 0 saturated carbocycles. The Morgan fingerprint density at radius 1 is 1.18 bits per heavy atom. The molecule has 0 spiro atoms. The highest BCUT2D eigenvalue weighted by atomic mass is 79.9. The highest BCUT2D eigenvalue weighted by molar-refractivity contribution is 9.10. The highest BCUT2D eigenvalue weighted by Gasteiger charge is 2.13. The lowest BCUT2D eigenvalue weighted by Crippen LogP contribution is -2.24. The van der Waals surface area contributed by atoms with Crippen LogP contribution in [0.3, 0.4) is 0 Å². The number of nitrogens with zero attached hydrogens (tertiary/aromatic N) is 1. The maximum absolute atomic E-state index is 12.4. The first-order chi connectivity index (χ1) is 10.5. The number of carbonyl (C=O) groups is 1. The molecule has 1 N–H and O–H groups in total. The molecule has 2 aromatic carbocycles. The fourth-order valence-electron chi connectivity index (χ4n) is 2.61. The number of nitrogens with one attached hydrogen (secondary N) is 1. The van der Waals surface area contributed by atoms with Gasteiger partial charge in [0.05, 0.1) is 0 Å². The van der Waals surface area contributed by atoms with Crippen molar-refractivity contribution in [2.75, 3.05) is 0 Å². The summed E-state index contributed by atoms with van der Waals surface area (Å²) in [5, 5.41) is 4.07. The molecule has 3 nitrogen and oxygen atoms in total. The molecule has 112 valence electrons. The first-order valence-corrected chi connectivity index (χ1v) is 7.92. The lowest BCUT2D eigenvalue weighted by atomic mass is 10.2. The molecule has 22 heavy (non-hydrogen) atoms. The summed E-state index contributed by atoms with van der Waals surface area (Å²) in [6.45, 7) is 2.57. The first-order valence-electron chi connectivity index (χ1n) is 7.13. The van der Waals surface area contributed by atoms with Crippen molar-refractivity contribution in [1.29, 1.82) is 0 Å². The van der Waals surface area contributed by atoms with Gasteiger partial charge in [-0.3, -0.25) is 4.79 Å². The number of amides is 1. The van der Waals surface area contributed by atoms with Gasteiger partial charge in [0.15, 0.2) is 0 Å². The van der Waals surface area contributed by atoms with Gasteiger partial charge in [0.1, 0.15) is 5.69 Å². The van der Waals surface area contributed by atoms with Crippen molar-refractivity contribution in [1.82, 2.24) is 9.88 Å². The maximum atomic E-state index is 12.4. The number of halogens is 1. The Kier molecular flexibility index (Phi) is 4.03. The Bertz CT molecular complexity index is 851. The lowest BCUT2D eigenvalue weighted by Gasteiger charge is -2.07. The van der Waals surface area contributed by atoms with Gasteiger partial charge in [0.25, 0.3) is 5.91 Å². The van der Waals surface area contributed by atoms with Gasteiger partial charge in [-0.1, -0.05) is 39.7 Å². The molecular weight excluding hydrogens is 340 g/mol. The monoisotopic (exact) mass is 356 g/mol. The average molecular weight is 357 g/mol. The summed E-state index contributed by atoms with van der Waals surface area (Å²) >= 11 is 3.44. The van der Waals surface area contributed by atoms with Crippen molar-refractivity contribution < 1.29 is 4.79 Å². The van der Waals surface area contributed by atoms with Gasteiger partial charge in [-0.15, -0.1) is 0 Å². The van der Waals surface area contributed by atoms with Crippen LogP contribution in [0.1, 0.15) is 21.6 Å². The minimum absolute atomic E-state index is 0.0590. The van der Waals surface area contributed by atoms with Crippen molar-refractivity contribution >= 4 is 32.7 Å². The van der Waals surface area contributed by atoms with Crippen LogP contribution in [-0.4, -0.2) is 10.5 Å². The predicted molar refractivity (Wildman–Crippen MR) is 93.0 cm³/mol. The molecule has 1 heterocycles. The Labute approximate surface area is 138 Å². The van der Waals surface area contributed by atoms with E-state index in [2.05, 4.69) is 46.4 Å². The second-order valence-corrected chi connectivity index (χ2v) is 6.38. The van der Waals surface area contributed by atoms with Crippen molar-refractivity contribution in [2.45, 2.75) is 13.5 Å². The van der Waals surface area contributed by atoms with E-state index in [1.807, 2.05) is 41.9 Å². The number of hydrogen-bond donors (Lipinski definition) is 1. The largest absolute Gasteiger partial charge is 0.347 e. The van der Waals surface area contributed by atoms with Gasteiger partial charge < -0.3 is 9.88 Å². The zero-order valence-electron chi connectivity index (χ0n) is 12.6. The first kappa shape index (κ1) is 14.9. The van der Waals surface area contributed by atoms with Crippen LogP contribution < -0.4 is 5.32 Å². The molecule has 0 fully saturated rings. The third-order valence-electron chi connectivity index (χ3n) is 3.77.